The van der Waals surface area contributed by atoms with Gasteiger partial charge in [-0.2, -0.15) is 0 Å². The van der Waals surface area contributed by atoms with Crippen LogP contribution in [0, 0.1) is 5.92 Å². The van der Waals surface area contributed by atoms with Crippen LogP contribution < -0.4 is 10.1 Å². The van der Waals surface area contributed by atoms with E-state index in [9.17, 15) is 4.79 Å². The monoisotopic (exact) mass is 340 g/mol. The molecule has 0 radical (unpaired) electrons. The Morgan fingerprint density at radius 1 is 1.35 bits per heavy atom. The topological polar surface area (TPSA) is 41.6 Å². The molecule has 1 aliphatic rings. The van der Waals surface area contributed by atoms with Crippen molar-refractivity contribution in [1.29, 1.82) is 0 Å². The number of nitrogens with zero attached hydrogens (tertiary/aromatic N) is 1. The second-order valence-electron chi connectivity index (χ2n) is 6.27. The van der Waals surface area contributed by atoms with Crippen LogP contribution in [-0.4, -0.2) is 44.1 Å². The highest BCUT2D eigenvalue weighted by molar-refractivity contribution is 5.85. The minimum Gasteiger partial charge on any atom is -0.496 e. The normalized spacial score (nSPS) is 16.3. The molecule has 1 aromatic carbocycles. The summed E-state index contributed by atoms with van der Waals surface area (Å²) in [5.74, 6) is 1.69. The van der Waals surface area contributed by atoms with E-state index in [1.807, 2.05) is 30.1 Å². The molecular formula is C18H29ClN2O2. The van der Waals surface area contributed by atoms with E-state index >= 15 is 0 Å². The molecule has 130 valence electrons. The van der Waals surface area contributed by atoms with Gasteiger partial charge in [0.15, 0.2) is 0 Å². The van der Waals surface area contributed by atoms with E-state index in [0.717, 1.165) is 43.7 Å². The number of likely N-dealkylation sites (N-methyl/N-ethyl adjacent to an activating group) is 1. The van der Waals surface area contributed by atoms with Gasteiger partial charge >= 0.3 is 0 Å². The molecule has 1 atom stereocenters. The first-order valence-electron chi connectivity index (χ1n) is 8.20. The van der Waals surface area contributed by atoms with Crippen molar-refractivity contribution in [2.45, 2.75) is 38.6 Å². The number of amides is 1. The van der Waals surface area contributed by atoms with Crippen molar-refractivity contribution in [1.82, 2.24) is 10.2 Å². The predicted octanol–water partition coefficient (Wildman–Crippen LogP) is 2.90. The SMILES string of the molecule is COc1ccccc1CC(C)N(C)C(=O)CC1CCNCC1.Cl. The molecule has 1 fully saturated rings. The van der Waals surface area contributed by atoms with Crippen molar-refractivity contribution in [2.24, 2.45) is 5.92 Å². The van der Waals surface area contributed by atoms with Gasteiger partial charge in [-0.1, -0.05) is 18.2 Å². The quantitative estimate of drug-likeness (QED) is 0.865. The fourth-order valence-corrected chi connectivity index (χ4v) is 3.05. The fourth-order valence-electron chi connectivity index (χ4n) is 3.05. The number of halogens is 1. The Morgan fingerprint density at radius 3 is 2.65 bits per heavy atom. The summed E-state index contributed by atoms with van der Waals surface area (Å²) in [6, 6.07) is 8.20. The number of carbonyl (C=O) groups excluding carboxylic acids is 1. The fraction of sp³-hybridized carbons (Fsp3) is 0.611. The van der Waals surface area contributed by atoms with E-state index in [4.69, 9.17) is 4.74 Å². The molecule has 1 heterocycles. The summed E-state index contributed by atoms with van der Waals surface area (Å²) in [4.78, 5) is 14.4. The summed E-state index contributed by atoms with van der Waals surface area (Å²) in [6.45, 7) is 4.18. The zero-order valence-electron chi connectivity index (χ0n) is 14.4. The van der Waals surface area contributed by atoms with E-state index in [2.05, 4.69) is 18.3 Å². The average Bonchev–Trinajstić information content (AvgIpc) is 2.55. The predicted molar refractivity (Wildman–Crippen MR) is 96.4 cm³/mol. The highest BCUT2D eigenvalue weighted by Crippen LogP contribution is 2.22. The standard InChI is InChI=1S/C18H28N2O2.ClH/c1-14(12-16-6-4-5-7-17(16)22-3)20(2)18(21)13-15-8-10-19-11-9-15;/h4-7,14-15,19H,8-13H2,1-3H3;1H. The molecule has 1 amide bonds. The van der Waals surface area contributed by atoms with Crippen LogP contribution in [0.5, 0.6) is 5.75 Å². The lowest BCUT2D eigenvalue weighted by Gasteiger charge is -2.29. The van der Waals surface area contributed by atoms with Gasteiger partial charge in [-0.3, -0.25) is 4.79 Å². The Balaban J connectivity index is 0.00000264. The Kier molecular flexibility index (Phi) is 8.42. The van der Waals surface area contributed by atoms with Crippen LogP contribution >= 0.6 is 12.4 Å². The third-order valence-electron chi connectivity index (χ3n) is 4.68. The molecule has 1 N–H and O–H groups in total. The van der Waals surface area contributed by atoms with Gasteiger partial charge in [-0.15, -0.1) is 12.4 Å². The van der Waals surface area contributed by atoms with E-state index in [-0.39, 0.29) is 24.4 Å². The van der Waals surface area contributed by atoms with Crippen molar-refractivity contribution in [3.8, 4) is 5.75 Å². The van der Waals surface area contributed by atoms with Gasteiger partial charge < -0.3 is 15.0 Å². The molecule has 1 aliphatic heterocycles. The number of hydrogen-bond acceptors (Lipinski definition) is 3. The maximum absolute atomic E-state index is 12.5. The second-order valence-corrected chi connectivity index (χ2v) is 6.27. The van der Waals surface area contributed by atoms with Crippen LogP contribution in [0.1, 0.15) is 31.7 Å². The number of nitrogens with one attached hydrogen (secondary N) is 1. The van der Waals surface area contributed by atoms with Gasteiger partial charge in [0, 0.05) is 19.5 Å². The van der Waals surface area contributed by atoms with Crippen LogP contribution in [-0.2, 0) is 11.2 Å². The molecule has 1 aromatic rings. The van der Waals surface area contributed by atoms with Gasteiger partial charge in [0.2, 0.25) is 5.91 Å². The molecule has 0 aromatic heterocycles. The van der Waals surface area contributed by atoms with Crippen molar-refractivity contribution < 1.29 is 9.53 Å². The minimum absolute atomic E-state index is 0. The molecular weight excluding hydrogens is 312 g/mol. The van der Waals surface area contributed by atoms with E-state index in [1.54, 1.807) is 7.11 Å². The average molecular weight is 341 g/mol. The Morgan fingerprint density at radius 2 is 2.00 bits per heavy atom. The molecule has 0 bridgehead atoms. The summed E-state index contributed by atoms with van der Waals surface area (Å²) >= 11 is 0. The van der Waals surface area contributed by atoms with Gasteiger partial charge in [-0.05, 0) is 56.8 Å². The largest absolute Gasteiger partial charge is 0.496 e. The molecule has 0 saturated carbocycles. The Hall–Kier alpha value is -1.26. The number of rotatable bonds is 6. The maximum atomic E-state index is 12.5. The highest BCUT2D eigenvalue weighted by atomic mass is 35.5. The number of piperidine rings is 1. The number of benzene rings is 1. The van der Waals surface area contributed by atoms with Crippen molar-refractivity contribution in [3.05, 3.63) is 29.8 Å². The van der Waals surface area contributed by atoms with Crippen molar-refractivity contribution in [2.75, 3.05) is 27.2 Å². The lowest BCUT2D eigenvalue weighted by atomic mass is 9.93. The lowest BCUT2D eigenvalue weighted by molar-refractivity contribution is -0.132. The highest BCUT2D eigenvalue weighted by Gasteiger charge is 2.22. The van der Waals surface area contributed by atoms with E-state index < -0.39 is 0 Å². The number of methoxy groups -OCH3 is 1. The van der Waals surface area contributed by atoms with E-state index in [1.165, 1.54) is 0 Å². The van der Waals surface area contributed by atoms with Crippen LogP contribution in [0.3, 0.4) is 0 Å². The van der Waals surface area contributed by atoms with Crippen LogP contribution in [0.2, 0.25) is 0 Å². The van der Waals surface area contributed by atoms with Gasteiger partial charge in [0.25, 0.3) is 0 Å². The summed E-state index contributed by atoms with van der Waals surface area (Å²) < 4.78 is 5.40. The van der Waals surface area contributed by atoms with Crippen molar-refractivity contribution >= 4 is 18.3 Å². The van der Waals surface area contributed by atoms with Gasteiger partial charge in [0.1, 0.15) is 5.75 Å². The first kappa shape index (κ1) is 19.8. The smallest absolute Gasteiger partial charge is 0.222 e. The number of ether oxygens (including phenoxy) is 1. The summed E-state index contributed by atoms with van der Waals surface area (Å²) in [5, 5.41) is 3.35. The third kappa shape index (κ3) is 5.70. The number of hydrogen-bond donors (Lipinski definition) is 1. The maximum Gasteiger partial charge on any atom is 0.222 e. The molecule has 1 saturated heterocycles. The van der Waals surface area contributed by atoms with E-state index in [0.29, 0.717) is 12.3 Å². The molecule has 4 nitrogen and oxygen atoms in total. The molecule has 23 heavy (non-hydrogen) atoms. The van der Waals surface area contributed by atoms with Gasteiger partial charge in [-0.25, -0.2) is 0 Å². The third-order valence-corrected chi connectivity index (χ3v) is 4.68. The summed E-state index contributed by atoms with van der Waals surface area (Å²) in [7, 11) is 3.61. The first-order valence-corrected chi connectivity index (χ1v) is 8.20. The Bertz CT molecular complexity index is 490. The van der Waals surface area contributed by atoms with Crippen LogP contribution in [0.15, 0.2) is 24.3 Å². The minimum atomic E-state index is 0. The van der Waals surface area contributed by atoms with Gasteiger partial charge in [0.05, 0.1) is 7.11 Å². The zero-order valence-corrected chi connectivity index (χ0v) is 15.2. The first-order chi connectivity index (χ1) is 10.6. The summed E-state index contributed by atoms with van der Waals surface area (Å²) in [5.41, 5.74) is 1.15. The molecule has 5 heteroatoms. The molecule has 0 aliphatic carbocycles. The second kappa shape index (κ2) is 9.78. The molecule has 0 spiro atoms. The molecule has 1 unspecified atom stereocenters. The lowest BCUT2D eigenvalue weighted by Crippen LogP contribution is -2.38. The summed E-state index contributed by atoms with van der Waals surface area (Å²) in [6.07, 6.45) is 3.72. The zero-order chi connectivity index (χ0) is 15.9. The Labute approximate surface area is 146 Å². The van der Waals surface area contributed by atoms with Crippen molar-refractivity contribution in [3.63, 3.8) is 0 Å². The van der Waals surface area contributed by atoms with Crippen LogP contribution in [0.4, 0.5) is 0 Å². The number of carbonyl (C=O) groups is 1. The van der Waals surface area contributed by atoms with Crippen LogP contribution in [0.25, 0.3) is 0 Å². The molecule has 2 rings (SSSR count). The number of para-hydroxylation sites is 1.